The predicted octanol–water partition coefficient (Wildman–Crippen LogP) is 4.08. The molecule has 3 heteroatoms. The highest BCUT2D eigenvalue weighted by atomic mass is 16.5. The Morgan fingerprint density at radius 1 is 1.28 bits per heavy atom. The summed E-state index contributed by atoms with van der Waals surface area (Å²) in [6.07, 6.45) is 2.85. The van der Waals surface area contributed by atoms with Crippen molar-refractivity contribution < 1.29 is 14.6 Å². The quantitative estimate of drug-likeness (QED) is 0.793. The van der Waals surface area contributed by atoms with Gasteiger partial charge in [-0.15, -0.1) is 0 Å². The number of benzene rings is 1. The standard InChI is InChI=1S/C15H22O3/c1-4-10-18-14-12(11(5-2)6-3)8-7-9-13(14)15(16)17/h7-9,11H,4-6,10H2,1-3H3,(H,16,17). The maximum Gasteiger partial charge on any atom is 0.339 e. The van der Waals surface area contributed by atoms with Crippen molar-refractivity contribution in [3.8, 4) is 5.75 Å². The Kier molecular flexibility index (Phi) is 5.69. The van der Waals surface area contributed by atoms with Crippen molar-refractivity contribution >= 4 is 5.97 Å². The molecule has 0 heterocycles. The van der Waals surface area contributed by atoms with Gasteiger partial charge in [-0.05, 0) is 36.8 Å². The number of hydrogen-bond donors (Lipinski definition) is 1. The average molecular weight is 250 g/mol. The van der Waals surface area contributed by atoms with E-state index >= 15 is 0 Å². The summed E-state index contributed by atoms with van der Waals surface area (Å²) in [5.74, 6) is -0.00869. The third-order valence-corrected chi connectivity index (χ3v) is 3.15. The monoisotopic (exact) mass is 250 g/mol. The number of hydrogen-bond acceptors (Lipinski definition) is 2. The van der Waals surface area contributed by atoms with E-state index in [4.69, 9.17) is 4.74 Å². The molecule has 0 fully saturated rings. The number of carbonyl (C=O) groups is 1. The Morgan fingerprint density at radius 3 is 2.44 bits per heavy atom. The van der Waals surface area contributed by atoms with Crippen LogP contribution in [0.4, 0.5) is 0 Å². The van der Waals surface area contributed by atoms with Gasteiger partial charge in [-0.2, -0.15) is 0 Å². The minimum Gasteiger partial charge on any atom is -0.492 e. The van der Waals surface area contributed by atoms with E-state index in [1.54, 1.807) is 12.1 Å². The fourth-order valence-electron chi connectivity index (χ4n) is 2.14. The van der Waals surface area contributed by atoms with Crippen LogP contribution in [0.3, 0.4) is 0 Å². The van der Waals surface area contributed by atoms with E-state index in [-0.39, 0.29) is 5.56 Å². The van der Waals surface area contributed by atoms with Gasteiger partial charge in [0.15, 0.2) is 0 Å². The first-order valence-corrected chi connectivity index (χ1v) is 6.64. The molecule has 18 heavy (non-hydrogen) atoms. The lowest BCUT2D eigenvalue weighted by Gasteiger charge is -2.19. The highest BCUT2D eigenvalue weighted by Crippen LogP contribution is 2.34. The zero-order valence-corrected chi connectivity index (χ0v) is 11.4. The zero-order chi connectivity index (χ0) is 13.5. The molecule has 0 saturated carbocycles. The molecular formula is C15H22O3. The molecular weight excluding hydrogens is 228 g/mol. The van der Waals surface area contributed by atoms with Gasteiger partial charge in [0.1, 0.15) is 11.3 Å². The lowest BCUT2D eigenvalue weighted by atomic mass is 9.91. The maximum absolute atomic E-state index is 11.3. The Balaban J connectivity index is 3.22. The number of aromatic carboxylic acids is 1. The van der Waals surface area contributed by atoms with E-state index < -0.39 is 5.97 Å². The Labute approximate surface area is 109 Å². The molecule has 0 radical (unpaired) electrons. The molecule has 0 atom stereocenters. The van der Waals surface area contributed by atoms with Crippen molar-refractivity contribution in [1.29, 1.82) is 0 Å². The van der Waals surface area contributed by atoms with E-state index in [0.29, 0.717) is 18.3 Å². The third-order valence-electron chi connectivity index (χ3n) is 3.15. The molecule has 0 unspecified atom stereocenters. The van der Waals surface area contributed by atoms with Gasteiger partial charge in [0.25, 0.3) is 0 Å². The number of ether oxygens (including phenoxy) is 1. The molecule has 1 rings (SSSR count). The first-order valence-electron chi connectivity index (χ1n) is 6.64. The topological polar surface area (TPSA) is 46.5 Å². The SMILES string of the molecule is CCCOc1c(C(=O)O)cccc1C(CC)CC. The van der Waals surface area contributed by atoms with Crippen LogP contribution in [0.5, 0.6) is 5.75 Å². The predicted molar refractivity (Wildman–Crippen MR) is 72.5 cm³/mol. The van der Waals surface area contributed by atoms with Crippen LogP contribution in [0.15, 0.2) is 18.2 Å². The van der Waals surface area contributed by atoms with Gasteiger partial charge in [0.05, 0.1) is 6.61 Å². The summed E-state index contributed by atoms with van der Waals surface area (Å²) < 4.78 is 5.68. The maximum atomic E-state index is 11.3. The van der Waals surface area contributed by atoms with Crippen LogP contribution in [-0.4, -0.2) is 17.7 Å². The van der Waals surface area contributed by atoms with Crippen molar-refractivity contribution in [2.75, 3.05) is 6.61 Å². The van der Waals surface area contributed by atoms with E-state index in [1.807, 2.05) is 13.0 Å². The lowest BCUT2D eigenvalue weighted by Crippen LogP contribution is -2.09. The highest BCUT2D eigenvalue weighted by Gasteiger charge is 2.19. The summed E-state index contributed by atoms with van der Waals surface area (Å²) >= 11 is 0. The fourth-order valence-corrected chi connectivity index (χ4v) is 2.14. The van der Waals surface area contributed by atoms with Gasteiger partial charge in [0.2, 0.25) is 0 Å². The number of para-hydroxylation sites is 1. The number of carboxylic acid groups (broad SMARTS) is 1. The van der Waals surface area contributed by atoms with Crippen LogP contribution in [0.25, 0.3) is 0 Å². The largest absolute Gasteiger partial charge is 0.492 e. The summed E-state index contributed by atoms with van der Waals surface area (Å²) in [5.41, 5.74) is 1.29. The zero-order valence-electron chi connectivity index (χ0n) is 11.4. The van der Waals surface area contributed by atoms with E-state index in [0.717, 1.165) is 24.8 Å². The Hall–Kier alpha value is -1.51. The molecule has 0 saturated heterocycles. The first-order chi connectivity index (χ1) is 8.65. The van der Waals surface area contributed by atoms with Crippen LogP contribution in [-0.2, 0) is 0 Å². The van der Waals surface area contributed by atoms with Gasteiger partial charge in [-0.25, -0.2) is 4.79 Å². The normalized spacial score (nSPS) is 10.7. The molecule has 0 aliphatic heterocycles. The highest BCUT2D eigenvalue weighted by molar-refractivity contribution is 5.91. The molecule has 0 aliphatic carbocycles. The minimum absolute atomic E-state index is 0.271. The molecule has 0 aliphatic rings. The summed E-state index contributed by atoms with van der Waals surface area (Å²) in [6.45, 7) is 6.80. The second-order valence-electron chi connectivity index (χ2n) is 4.39. The van der Waals surface area contributed by atoms with Gasteiger partial charge < -0.3 is 9.84 Å². The first kappa shape index (κ1) is 14.6. The van der Waals surface area contributed by atoms with Crippen LogP contribution in [0.1, 0.15) is 61.9 Å². The van der Waals surface area contributed by atoms with E-state index in [9.17, 15) is 9.90 Å². The van der Waals surface area contributed by atoms with Crippen LogP contribution in [0, 0.1) is 0 Å². The van der Waals surface area contributed by atoms with Crippen molar-refractivity contribution in [1.82, 2.24) is 0 Å². The lowest BCUT2D eigenvalue weighted by molar-refractivity contribution is 0.0692. The summed E-state index contributed by atoms with van der Waals surface area (Å²) in [7, 11) is 0. The molecule has 3 nitrogen and oxygen atoms in total. The van der Waals surface area contributed by atoms with Gasteiger partial charge in [-0.3, -0.25) is 0 Å². The van der Waals surface area contributed by atoms with Crippen LogP contribution in [0.2, 0.25) is 0 Å². The van der Waals surface area contributed by atoms with E-state index in [2.05, 4.69) is 13.8 Å². The Bertz CT molecular complexity index is 395. The van der Waals surface area contributed by atoms with Crippen molar-refractivity contribution in [2.45, 2.75) is 46.0 Å². The molecule has 0 aromatic heterocycles. The molecule has 0 amide bonds. The molecule has 100 valence electrons. The summed E-state index contributed by atoms with van der Waals surface area (Å²) in [6, 6.07) is 5.39. The number of carboxylic acids is 1. The number of rotatable bonds is 7. The van der Waals surface area contributed by atoms with E-state index in [1.165, 1.54) is 0 Å². The molecule has 1 aromatic rings. The molecule has 0 spiro atoms. The summed E-state index contributed by atoms with van der Waals surface area (Å²) in [4.78, 5) is 11.3. The van der Waals surface area contributed by atoms with Crippen molar-refractivity contribution in [2.24, 2.45) is 0 Å². The smallest absolute Gasteiger partial charge is 0.339 e. The van der Waals surface area contributed by atoms with Crippen LogP contribution < -0.4 is 4.74 Å². The van der Waals surface area contributed by atoms with Gasteiger partial charge in [0, 0.05) is 0 Å². The molecule has 1 aromatic carbocycles. The second-order valence-corrected chi connectivity index (χ2v) is 4.39. The molecule has 1 N–H and O–H groups in total. The summed E-state index contributed by atoms with van der Waals surface area (Å²) in [5, 5.41) is 9.24. The average Bonchev–Trinajstić information content (AvgIpc) is 2.38. The van der Waals surface area contributed by atoms with Crippen molar-refractivity contribution in [3.63, 3.8) is 0 Å². The Morgan fingerprint density at radius 2 is 1.94 bits per heavy atom. The minimum atomic E-state index is -0.922. The second kappa shape index (κ2) is 7.04. The van der Waals surface area contributed by atoms with Crippen molar-refractivity contribution in [3.05, 3.63) is 29.3 Å². The molecule has 0 bridgehead atoms. The van der Waals surface area contributed by atoms with Gasteiger partial charge in [-0.1, -0.05) is 32.9 Å². The van der Waals surface area contributed by atoms with Crippen LogP contribution >= 0.6 is 0 Å². The third kappa shape index (κ3) is 3.25. The fraction of sp³-hybridized carbons (Fsp3) is 0.533. The van der Waals surface area contributed by atoms with Gasteiger partial charge >= 0.3 is 5.97 Å².